The molecule has 238 valence electrons. The van der Waals surface area contributed by atoms with Crippen LogP contribution in [-0.2, 0) is 0 Å². The van der Waals surface area contributed by atoms with E-state index in [4.69, 9.17) is 8.83 Å². The summed E-state index contributed by atoms with van der Waals surface area (Å²) in [6.07, 6.45) is 3.41. The van der Waals surface area contributed by atoms with E-state index in [0.717, 1.165) is 56.3 Å². The molecule has 50 heavy (non-hydrogen) atoms. The molecule has 9 aromatic rings. The van der Waals surface area contributed by atoms with Gasteiger partial charge >= 0.3 is 0 Å². The van der Waals surface area contributed by atoms with Gasteiger partial charge in [0.1, 0.15) is 11.0 Å². The first-order chi connectivity index (χ1) is 24.8. The van der Waals surface area contributed by atoms with E-state index in [1.165, 1.54) is 0 Å². The highest BCUT2D eigenvalue weighted by Gasteiger charge is 2.18. The number of hydrogen-bond acceptors (Lipinski definition) is 8. The second kappa shape index (κ2) is 12.5. The van der Waals surface area contributed by atoms with Gasteiger partial charge in [0, 0.05) is 57.6 Å². The molecule has 0 amide bonds. The van der Waals surface area contributed by atoms with Crippen LogP contribution in [0.25, 0.3) is 45.4 Å². The van der Waals surface area contributed by atoms with E-state index in [0.29, 0.717) is 23.2 Å². The van der Waals surface area contributed by atoms with Crippen molar-refractivity contribution in [2.75, 3.05) is 9.80 Å². The largest absolute Gasteiger partial charge is 0.418 e. The Morgan fingerprint density at radius 2 is 0.680 bits per heavy atom. The van der Waals surface area contributed by atoms with Crippen LogP contribution in [0.1, 0.15) is 0 Å². The molecule has 0 bridgehead atoms. The molecule has 8 heteroatoms. The number of fused-ring (bicyclic) bond motifs is 2. The van der Waals surface area contributed by atoms with E-state index in [9.17, 15) is 0 Å². The summed E-state index contributed by atoms with van der Waals surface area (Å²) in [6.45, 7) is 0. The fourth-order valence-electron chi connectivity index (χ4n) is 6.09. The van der Waals surface area contributed by atoms with Crippen molar-refractivity contribution in [3.05, 3.63) is 170 Å². The standard InChI is InChI=1S/C42H28N6O2/c1-3-9-31(10-4-1)47(33-19-15-29(16-20-33)39-45-37-13-7-27-43-41(37)49-39)35-23-25-36(26-24-35)48(32-11-5-2-6-12-32)34-21-17-30(18-22-34)40-46-38-14-8-28-44-42(38)50-40/h1-28H. The van der Waals surface area contributed by atoms with Gasteiger partial charge in [-0.1, -0.05) is 36.4 Å². The molecule has 8 nitrogen and oxygen atoms in total. The molecule has 4 heterocycles. The molecule has 0 aliphatic rings. The lowest BCUT2D eigenvalue weighted by Crippen LogP contribution is -2.12. The summed E-state index contributed by atoms with van der Waals surface area (Å²) in [5.41, 5.74) is 10.4. The zero-order chi connectivity index (χ0) is 33.3. The summed E-state index contributed by atoms with van der Waals surface area (Å²) in [5.74, 6) is 1.08. The molecule has 0 saturated heterocycles. The minimum Gasteiger partial charge on any atom is -0.418 e. The topological polar surface area (TPSA) is 84.3 Å². The number of rotatable bonds is 8. The summed E-state index contributed by atoms with van der Waals surface area (Å²) >= 11 is 0. The Morgan fingerprint density at radius 3 is 1.04 bits per heavy atom. The van der Waals surface area contributed by atoms with Crippen LogP contribution in [0.3, 0.4) is 0 Å². The second-order valence-corrected chi connectivity index (χ2v) is 11.6. The van der Waals surface area contributed by atoms with Crippen molar-refractivity contribution >= 4 is 56.6 Å². The van der Waals surface area contributed by atoms with Crippen LogP contribution in [0.15, 0.2) is 179 Å². The smallest absolute Gasteiger partial charge is 0.247 e. The molecule has 0 aliphatic carbocycles. The summed E-state index contributed by atoms with van der Waals surface area (Å²) in [6, 6.07) is 53.3. The van der Waals surface area contributed by atoms with Crippen LogP contribution in [0.5, 0.6) is 0 Å². The quantitative estimate of drug-likeness (QED) is 0.161. The van der Waals surface area contributed by atoms with Crippen molar-refractivity contribution in [2.24, 2.45) is 0 Å². The molecular formula is C42H28N6O2. The normalized spacial score (nSPS) is 11.2. The second-order valence-electron chi connectivity index (χ2n) is 11.6. The lowest BCUT2D eigenvalue weighted by atomic mass is 10.1. The van der Waals surface area contributed by atoms with Crippen LogP contribution in [-0.4, -0.2) is 19.9 Å². The van der Waals surface area contributed by atoms with Crippen molar-refractivity contribution in [1.29, 1.82) is 0 Å². The van der Waals surface area contributed by atoms with Gasteiger partial charge in [-0.2, -0.15) is 0 Å². The number of nitrogens with zero attached hydrogens (tertiary/aromatic N) is 6. The minimum absolute atomic E-state index is 0.527. The number of benzene rings is 5. The van der Waals surface area contributed by atoms with Gasteiger partial charge in [-0.05, 0) is 121 Å². The van der Waals surface area contributed by atoms with Crippen LogP contribution < -0.4 is 9.80 Å². The van der Waals surface area contributed by atoms with Gasteiger partial charge in [-0.25, -0.2) is 19.9 Å². The van der Waals surface area contributed by atoms with Crippen molar-refractivity contribution in [3.63, 3.8) is 0 Å². The van der Waals surface area contributed by atoms with E-state index in [1.54, 1.807) is 12.4 Å². The number of pyridine rings is 2. The van der Waals surface area contributed by atoms with Crippen molar-refractivity contribution in [1.82, 2.24) is 19.9 Å². The monoisotopic (exact) mass is 648 g/mol. The fraction of sp³-hybridized carbons (Fsp3) is 0. The summed E-state index contributed by atoms with van der Waals surface area (Å²) in [5, 5.41) is 0. The van der Waals surface area contributed by atoms with Gasteiger partial charge in [0.15, 0.2) is 0 Å². The molecule has 0 N–H and O–H groups in total. The van der Waals surface area contributed by atoms with Crippen LogP contribution in [0.2, 0.25) is 0 Å². The third-order valence-corrected chi connectivity index (χ3v) is 8.47. The molecule has 0 spiro atoms. The molecule has 0 unspecified atom stereocenters. The highest BCUT2D eigenvalue weighted by molar-refractivity contribution is 5.83. The number of aromatic nitrogens is 4. The van der Waals surface area contributed by atoms with Crippen LogP contribution >= 0.6 is 0 Å². The predicted molar refractivity (Wildman–Crippen MR) is 197 cm³/mol. The van der Waals surface area contributed by atoms with Gasteiger partial charge in [0.05, 0.1) is 0 Å². The van der Waals surface area contributed by atoms with E-state index in [2.05, 4.69) is 127 Å². The number of anilines is 6. The van der Waals surface area contributed by atoms with E-state index in [-0.39, 0.29) is 0 Å². The minimum atomic E-state index is 0.527. The van der Waals surface area contributed by atoms with Gasteiger partial charge in [-0.15, -0.1) is 0 Å². The Morgan fingerprint density at radius 1 is 0.340 bits per heavy atom. The molecule has 0 radical (unpaired) electrons. The predicted octanol–water partition coefficient (Wildman–Crippen LogP) is 11.0. The highest BCUT2D eigenvalue weighted by Crippen LogP contribution is 2.40. The van der Waals surface area contributed by atoms with E-state index < -0.39 is 0 Å². The third-order valence-electron chi connectivity index (χ3n) is 8.47. The highest BCUT2D eigenvalue weighted by atomic mass is 16.4. The molecule has 0 saturated carbocycles. The average molecular weight is 649 g/mol. The zero-order valence-corrected chi connectivity index (χ0v) is 26.7. The number of para-hydroxylation sites is 2. The van der Waals surface area contributed by atoms with Crippen molar-refractivity contribution in [3.8, 4) is 22.9 Å². The van der Waals surface area contributed by atoms with Gasteiger partial charge in [-0.3, -0.25) is 0 Å². The van der Waals surface area contributed by atoms with Gasteiger partial charge in [0.2, 0.25) is 23.2 Å². The zero-order valence-electron chi connectivity index (χ0n) is 26.7. The van der Waals surface area contributed by atoms with Gasteiger partial charge < -0.3 is 18.6 Å². The maximum atomic E-state index is 5.92. The fourth-order valence-corrected chi connectivity index (χ4v) is 6.09. The van der Waals surface area contributed by atoms with Crippen molar-refractivity contribution < 1.29 is 8.83 Å². The molecule has 5 aromatic carbocycles. The third kappa shape index (κ3) is 5.50. The molecule has 4 aromatic heterocycles. The molecule has 0 fully saturated rings. The molecule has 9 rings (SSSR count). The first-order valence-corrected chi connectivity index (χ1v) is 16.2. The lowest BCUT2D eigenvalue weighted by molar-refractivity contribution is 0.607. The molecule has 0 atom stereocenters. The van der Waals surface area contributed by atoms with E-state index >= 15 is 0 Å². The Balaban J connectivity index is 1.05. The summed E-state index contributed by atoms with van der Waals surface area (Å²) < 4.78 is 11.8. The SMILES string of the molecule is c1ccc(N(c2ccc(-c3nc4cccnc4o3)cc2)c2ccc(N(c3ccccc3)c3ccc(-c4nc5cccnc5o4)cc3)cc2)cc1. The summed E-state index contributed by atoms with van der Waals surface area (Å²) in [4.78, 5) is 22.3. The maximum absolute atomic E-state index is 5.92. The van der Waals surface area contributed by atoms with Crippen LogP contribution in [0.4, 0.5) is 34.1 Å². The number of hydrogen-bond donors (Lipinski definition) is 0. The molecule has 0 aliphatic heterocycles. The lowest BCUT2D eigenvalue weighted by Gasteiger charge is -2.28. The Kier molecular flexibility index (Phi) is 7.29. The van der Waals surface area contributed by atoms with Gasteiger partial charge in [0.25, 0.3) is 0 Å². The number of oxazole rings is 2. The Hall–Kier alpha value is -7.06. The first kappa shape index (κ1) is 29.1. The van der Waals surface area contributed by atoms with Crippen molar-refractivity contribution in [2.45, 2.75) is 0 Å². The molecular weight excluding hydrogens is 621 g/mol. The van der Waals surface area contributed by atoms with Crippen LogP contribution in [0, 0.1) is 0 Å². The first-order valence-electron chi connectivity index (χ1n) is 16.2. The Labute approximate surface area is 287 Å². The van der Waals surface area contributed by atoms with E-state index in [1.807, 2.05) is 60.7 Å². The Bertz CT molecular complexity index is 2280. The average Bonchev–Trinajstić information content (AvgIpc) is 3.82. The summed E-state index contributed by atoms with van der Waals surface area (Å²) in [7, 11) is 0. The maximum Gasteiger partial charge on any atom is 0.247 e.